The largest absolute Gasteiger partial charge is 0.491 e. The molecule has 1 N–H and O–H groups in total. The molecule has 2 aromatic heterocycles. The van der Waals surface area contributed by atoms with E-state index in [0.717, 1.165) is 31.2 Å². The van der Waals surface area contributed by atoms with E-state index in [2.05, 4.69) is 15.6 Å². The molecule has 0 bridgehead atoms. The van der Waals surface area contributed by atoms with Gasteiger partial charge in [0.25, 0.3) is 11.8 Å². The van der Waals surface area contributed by atoms with Crippen LogP contribution in [0.25, 0.3) is 0 Å². The van der Waals surface area contributed by atoms with Gasteiger partial charge >= 0.3 is 0 Å². The number of aryl methyl sites for hydroxylation is 1. The number of benzene rings is 1. The van der Waals surface area contributed by atoms with Crippen LogP contribution in [-0.4, -0.2) is 56.9 Å². The molecule has 1 aromatic carbocycles. The molecule has 3 heterocycles. The van der Waals surface area contributed by atoms with Crippen LogP contribution in [0.4, 0.5) is 0 Å². The molecule has 1 atom stereocenters. The number of nitrogens with zero attached hydrogens (tertiary/aromatic N) is 4. The van der Waals surface area contributed by atoms with E-state index in [-0.39, 0.29) is 17.9 Å². The predicted molar refractivity (Wildman–Crippen MR) is 119 cm³/mol. The fourth-order valence-electron chi connectivity index (χ4n) is 4.11. The van der Waals surface area contributed by atoms with Crippen molar-refractivity contribution in [1.29, 1.82) is 0 Å². The zero-order chi connectivity index (χ0) is 22.8. The van der Waals surface area contributed by atoms with Gasteiger partial charge < -0.3 is 19.5 Å². The number of amides is 2. The number of aromatic nitrogens is 3. The van der Waals surface area contributed by atoms with Crippen molar-refractivity contribution >= 4 is 11.8 Å². The highest BCUT2D eigenvalue weighted by Gasteiger charge is 2.33. The molecule has 9 heteroatoms. The van der Waals surface area contributed by atoms with Gasteiger partial charge in [-0.25, -0.2) is 0 Å². The van der Waals surface area contributed by atoms with E-state index in [0.29, 0.717) is 48.5 Å². The average molecular weight is 450 g/mol. The molecule has 3 aromatic rings. The number of hydrogen-bond acceptors (Lipinski definition) is 6. The molecule has 172 valence electrons. The molecule has 2 amide bonds. The summed E-state index contributed by atoms with van der Waals surface area (Å²) in [6, 6.07) is 9.25. The summed E-state index contributed by atoms with van der Waals surface area (Å²) in [5, 5.41) is 11.3. The molecular formula is C24H27N5O4. The Balaban J connectivity index is 1.22. The molecule has 5 rings (SSSR count). The van der Waals surface area contributed by atoms with E-state index < -0.39 is 0 Å². The van der Waals surface area contributed by atoms with E-state index in [4.69, 9.17) is 9.26 Å². The molecule has 1 unspecified atom stereocenters. The van der Waals surface area contributed by atoms with Crippen LogP contribution < -0.4 is 10.1 Å². The Labute approximate surface area is 191 Å². The first kappa shape index (κ1) is 21.2. The number of carbonyl (C=O) groups is 2. The summed E-state index contributed by atoms with van der Waals surface area (Å²) in [6.07, 6.45) is 7.42. The van der Waals surface area contributed by atoms with Gasteiger partial charge in [-0.15, -0.1) is 0 Å². The van der Waals surface area contributed by atoms with Crippen LogP contribution in [0.3, 0.4) is 0 Å². The maximum atomic E-state index is 13.3. The van der Waals surface area contributed by atoms with E-state index in [1.807, 2.05) is 24.1 Å². The Morgan fingerprint density at radius 2 is 2.03 bits per heavy atom. The summed E-state index contributed by atoms with van der Waals surface area (Å²) in [5.74, 6) is 1.10. The molecular weight excluding hydrogens is 422 g/mol. The van der Waals surface area contributed by atoms with Crippen LogP contribution in [0, 0.1) is 6.92 Å². The Bertz CT molecular complexity index is 1120. The maximum absolute atomic E-state index is 13.3. The van der Waals surface area contributed by atoms with E-state index in [1.165, 1.54) is 0 Å². The highest BCUT2D eigenvalue weighted by atomic mass is 16.5. The van der Waals surface area contributed by atoms with Crippen LogP contribution in [0.15, 0.2) is 47.2 Å². The van der Waals surface area contributed by atoms with Crippen molar-refractivity contribution in [3.05, 3.63) is 65.3 Å². The van der Waals surface area contributed by atoms with Gasteiger partial charge in [-0.05, 0) is 62.9 Å². The molecule has 1 saturated carbocycles. The number of hydrogen-bond donors (Lipinski definition) is 1. The van der Waals surface area contributed by atoms with Crippen LogP contribution in [0.2, 0.25) is 0 Å². The van der Waals surface area contributed by atoms with Gasteiger partial charge in [0.15, 0.2) is 5.69 Å². The van der Waals surface area contributed by atoms with Crippen molar-refractivity contribution in [3.63, 3.8) is 0 Å². The predicted octanol–water partition coefficient (Wildman–Crippen LogP) is 2.80. The van der Waals surface area contributed by atoms with Crippen molar-refractivity contribution in [2.24, 2.45) is 0 Å². The Hall–Kier alpha value is -3.62. The molecule has 0 spiro atoms. The van der Waals surface area contributed by atoms with Crippen LogP contribution in [0.1, 0.15) is 57.9 Å². The van der Waals surface area contributed by atoms with Gasteiger partial charge in [0.1, 0.15) is 18.1 Å². The fraction of sp³-hybridized carbons (Fsp3) is 0.417. The second-order valence-electron chi connectivity index (χ2n) is 8.65. The third kappa shape index (κ3) is 4.76. The van der Waals surface area contributed by atoms with Gasteiger partial charge in [0, 0.05) is 36.1 Å². The normalized spacial score (nSPS) is 17.8. The van der Waals surface area contributed by atoms with Gasteiger partial charge in [-0.1, -0.05) is 5.16 Å². The standard InChI is InChI=1S/C24H27N5O4/c1-16-21(14-28-12-3-11-25-28)22(27-33-16)24(31)29-13-2-4-19(29)15-32-20-9-5-17(6-10-20)23(30)26-18-7-8-18/h3,5-6,9-12,18-19H,2,4,7-8,13-15H2,1H3,(H,26,30). The molecule has 9 nitrogen and oxygen atoms in total. The molecule has 2 fully saturated rings. The second kappa shape index (κ2) is 9.09. The molecule has 1 saturated heterocycles. The van der Waals surface area contributed by atoms with Gasteiger partial charge in [0.05, 0.1) is 12.6 Å². The van der Waals surface area contributed by atoms with Crippen molar-refractivity contribution < 1.29 is 18.8 Å². The zero-order valence-corrected chi connectivity index (χ0v) is 18.6. The first-order valence-corrected chi connectivity index (χ1v) is 11.4. The Morgan fingerprint density at radius 1 is 1.21 bits per heavy atom. The monoisotopic (exact) mass is 449 g/mol. The number of nitrogens with one attached hydrogen (secondary N) is 1. The van der Waals surface area contributed by atoms with Gasteiger partial charge in [-0.3, -0.25) is 14.3 Å². The SMILES string of the molecule is Cc1onc(C(=O)N2CCCC2COc2ccc(C(=O)NC3CC3)cc2)c1Cn1cccn1. The smallest absolute Gasteiger partial charge is 0.276 e. The minimum atomic E-state index is -0.146. The van der Waals surface area contributed by atoms with Crippen molar-refractivity contribution in [2.75, 3.05) is 13.2 Å². The van der Waals surface area contributed by atoms with E-state index in [1.54, 1.807) is 35.1 Å². The number of carbonyl (C=O) groups excluding carboxylic acids is 2. The van der Waals surface area contributed by atoms with E-state index >= 15 is 0 Å². The summed E-state index contributed by atoms with van der Waals surface area (Å²) < 4.78 is 13.1. The van der Waals surface area contributed by atoms with Crippen molar-refractivity contribution in [3.8, 4) is 5.75 Å². The summed E-state index contributed by atoms with van der Waals surface area (Å²) in [7, 11) is 0. The lowest BCUT2D eigenvalue weighted by Gasteiger charge is -2.24. The summed E-state index contributed by atoms with van der Waals surface area (Å²) in [4.78, 5) is 27.3. The van der Waals surface area contributed by atoms with Gasteiger partial charge in [-0.2, -0.15) is 5.10 Å². The van der Waals surface area contributed by atoms with Crippen LogP contribution in [0.5, 0.6) is 5.75 Å². The van der Waals surface area contributed by atoms with E-state index in [9.17, 15) is 9.59 Å². The Kier molecular flexibility index (Phi) is 5.85. The van der Waals surface area contributed by atoms with Gasteiger partial charge in [0.2, 0.25) is 0 Å². The lowest BCUT2D eigenvalue weighted by molar-refractivity contribution is 0.0679. The number of ether oxygens (including phenoxy) is 1. The zero-order valence-electron chi connectivity index (χ0n) is 18.6. The Morgan fingerprint density at radius 3 is 2.76 bits per heavy atom. The first-order chi connectivity index (χ1) is 16.1. The van der Waals surface area contributed by atoms with Crippen LogP contribution >= 0.6 is 0 Å². The fourth-order valence-corrected chi connectivity index (χ4v) is 4.11. The lowest BCUT2D eigenvalue weighted by Crippen LogP contribution is -2.39. The highest BCUT2D eigenvalue weighted by molar-refractivity contribution is 5.95. The molecule has 2 aliphatic rings. The molecule has 1 aliphatic heterocycles. The topological polar surface area (TPSA) is 102 Å². The quantitative estimate of drug-likeness (QED) is 0.567. The highest BCUT2D eigenvalue weighted by Crippen LogP contribution is 2.25. The summed E-state index contributed by atoms with van der Waals surface area (Å²) >= 11 is 0. The van der Waals surface area contributed by atoms with Crippen LogP contribution in [-0.2, 0) is 6.54 Å². The molecule has 33 heavy (non-hydrogen) atoms. The van der Waals surface area contributed by atoms with Crippen molar-refractivity contribution in [2.45, 2.75) is 51.2 Å². The first-order valence-electron chi connectivity index (χ1n) is 11.4. The maximum Gasteiger partial charge on any atom is 0.276 e. The minimum Gasteiger partial charge on any atom is -0.491 e. The lowest BCUT2D eigenvalue weighted by atomic mass is 10.1. The second-order valence-corrected chi connectivity index (χ2v) is 8.65. The average Bonchev–Trinajstić information content (AvgIpc) is 3.20. The van der Waals surface area contributed by atoms with Crippen molar-refractivity contribution in [1.82, 2.24) is 25.2 Å². The number of rotatable bonds is 8. The molecule has 1 aliphatic carbocycles. The third-order valence-electron chi connectivity index (χ3n) is 6.18. The minimum absolute atomic E-state index is 0.0505. The molecule has 0 radical (unpaired) electrons. The number of likely N-dealkylation sites (tertiary alicyclic amines) is 1. The third-order valence-corrected chi connectivity index (χ3v) is 6.18. The summed E-state index contributed by atoms with van der Waals surface area (Å²) in [5.41, 5.74) is 1.70. The summed E-state index contributed by atoms with van der Waals surface area (Å²) in [6.45, 7) is 3.27.